The number of rotatable bonds is 3. The fourth-order valence-corrected chi connectivity index (χ4v) is 2.08. The van der Waals surface area contributed by atoms with E-state index in [9.17, 15) is 0 Å². The molecule has 2 aromatic rings. The van der Waals surface area contributed by atoms with Gasteiger partial charge in [-0.1, -0.05) is 42.5 Å². The molecule has 0 spiro atoms. The lowest BCUT2D eigenvalue weighted by molar-refractivity contribution is 0.880. The molecule has 4 heteroatoms. The summed E-state index contributed by atoms with van der Waals surface area (Å²) in [7, 11) is 0. The lowest BCUT2D eigenvalue weighted by atomic mass is 10.1. The van der Waals surface area contributed by atoms with E-state index in [2.05, 4.69) is 52.8 Å². The second-order valence-corrected chi connectivity index (χ2v) is 4.76. The van der Waals surface area contributed by atoms with Gasteiger partial charge in [0.15, 0.2) is 5.96 Å². The first kappa shape index (κ1) is 14.1. The van der Waals surface area contributed by atoms with Crippen molar-refractivity contribution >= 4 is 40.7 Å². The number of aliphatic imine (C=N–C) groups is 1. The van der Waals surface area contributed by atoms with Crippen molar-refractivity contribution in [3.8, 4) is 0 Å². The average Bonchev–Trinajstić information content (AvgIpc) is 3.20. The Hall–Kier alpha value is -1.30. The number of nitrogens with two attached hydrogens (primary N) is 1. The van der Waals surface area contributed by atoms with Crippen LogP contribution in [0.5, 0.6) is 0 Å². The summed E-state index contributed by atoms with van der Waals surface area (Å²) in [4.78, 5) is 4.41. The van der Waals surface area contributed by atoms with Crippen LogP contribution in [0.2, 0.25) is 0 Å². The molecule has 0 aliphatic heterocycles. The van der Waals surface area contributed by atoms with E-state index < -0.39 is 0 Å². The third kappa shape index (κ3) is 3.59. The monoisotopic (exact) mass is 367 g/mol. The van der Waals surface area contributed by atoms with Gasteiger partial charge in [-0.05, 0) is 29.2 Å². The molecular weight excluding hydrogens is 349 g/mol. The van der Waals surface area contributed by atoms with Crippen LogP contribution >= 0.6 is 24.0 Å². The van der Waals surface area contributed by atoms with Gasteiger partial charge in [-0.3, -0.25) is 0 Å². The predicted octanol–water partition coefficient (Wildman–Crippen LogP) is 3.02. The minimum Gasteiger partial charge on any atom is -0.370 e. The number of nitrogens with one attached hydrogen (secondary N) is 1. The van der Waals surface area contributed by atoms with Crippen LogP contribution in [0.1, 0.15) is 18.4 Å². The molecule has 1 fully saturated rings. The highest BCUT2D eigenvalue weighted by Gasteiger charge is 2.21. The van der Waals surface area contributed by atoms with Gasteiger partial charge in [0.05, 0.1) is 6.54 Å². The maximum atomic E-state index is 5.85. The van der Waals surface area contributed by atoms with Crippen LogP contribution in [0.25, 0.3) is 10.8 Å². The van der Waals surface area contributed by atoms with Crippen molar-refractivity contribution in [3.63, 3.8) is 0 Å². The highest BCUT2D eigenvalue weighted by molar-refractivity contribution is 14.0. The second kappa shape index (κ2) is 6.23. The second-order valence-electron chi connectivity index (χ2n) is 4.76. The van der Waals surface area contributed by atoms with E-state index >= 15 is 0 Å². The first-order chi connectivity index (χ1) is 8.83. The quantitative estimate of drug-likeness (QED) is 0.498. The van der Waals surface area contributed by atoms with E-state index in [-0.39, 0.29) is 24.0 Å². The van der Waals surface area contributed by atoms with Crippen LogP contribution < -0.4 is 11.1 Å². The van der Waals surface area contributed by atoms with Gasteiger partial charge in [-0.25, -0.2) is 4.99 Å². The Balaban J connectivity index is 0.00000133. The highest BCUT2D eigenvalue weighted by Crippen LogP contribution is 2.20. The van der Waals surface area contributed by atoms with Gasteiger partial charge in [0.2, 0.25) is 0 Å². The van der Waals surface area contributed by atoms with E-state index in [0.29, 0.717) is 18.5 Å². The van der Waals surface area contributed by atoms with Gasteiger partial charge in [-0.15, -0.1) is 24.0 Å². The molecule has 2 aromatic carbocycles. The molecule has 0 radical (unpaired) electrons. The summed E-state index contributed by atoms with van der Waals surface area (Å²) in [5, 5.41) is 5.70. The molecule has 0 bridgehead atoms. The SMILES string of the molecule is I.NC(=NCc1cccc2ccccc12)NC1CC1. The molecule has 0 saturated heterocycles. The predicted molar refractivity (Wildman–Crippen MR) is 90.8 cm³/mol. The Bertz CT molecular complexity index is 585. The van der Waals surface area contributed by atoms with Gasteiger partial charge in [0.1, 0.15) is 0 Å². The molecule has 0 atom stereocenters. The van der Waals surface area contributed by atoms with Gasteiger partial charge in [0, 0.05) is 6.04 Å². The van der Waals surface area contributed by atoms with Crippen LogP contribution in [0.15, 0.2) is 47.5 Å². The lowest BCUT2D eigenvalue weighted by Gasteiger charge is -2.06. The molecule has 0 heterocycles. The maximum Gasteiger partial charge on any atom is 0.189 e. The molecule has 0 unspecified atom stereocenters. The Morgan fingerprint density at radius 2 is 1.89 bits per heavy atom. The fraction of sp³-hybridized carbons (Fsp3) is 0.267. The number of guanidine groups is 1. The minimum absolute atomic E-state index is 0. The van der Waals surface area contributed by atoms with Crippen molar-refractivity contribution in [3.05, 3.63) is 48.0 Å². The maximum absolute atomic E-state index is 5.85. The van der Waals surface area contributed by atoms with Crippen LogP contribution in [0.4, 0.5) is 0 Å². The molecule has 1 saturated carbocycles. The number of hydrogen-bond donors (Lipinski definition) is 2. The molecule has 3 nitrogen and oxygen atoms in total. The van der Waals surface area contributed by atoms with Crippen molar-refractivity contribution in [2.24, 2.45) is 10.7 Å². The molecule has 19 heavy (non-hydrogen) atoms. The summed E-state index contributed by atoms with van der Waals surface area (Å²) in [6, 6.07) is 15.2. The van der Waals surface area contributed by atoms with Crippen LogP contribution in [0, 0.1) is 0 Å². The van der Waals surface area contributed by atoms with E-state index in [4.69, 9.17) is 5.73 Å². The van der Waals surface area contributed by atoms with E-state index in [1.54, 1.807) is 0 Å². The molecule has 3 N–H and O–H groups in total. The van der Waals surface area contributed by atoms with Crippen molar-refractivity contribution in [2.45, 2.75) is 25.4 Å². The average molecular weight is 367 g/mol. The van der Waals surface area contributed by atoms with Crippen molar-refractivity contribution in [2.75, 3.05) is 0 Å². The minimum atomic E-state index is 0. The highest BCUT2D eigenvalue weighted by atomic mass is 127. The molecule has 3 rings (SSSR count). The third-order valence-electron chi connectivity index (χ3n) is 3.23. The summed E-state index contributed by atoms with van der Waals surface area (Å²) in [6.45, 7) is 0.632. The molecule has 1 aliphatic rings. The number of fused-ring (bicyclic) bond motifs is 1. The smallest absolute Gasteiger partial charge is 0.189 e. The largest absolute Gasteiger partial charge is 0.370 e. The third-order valence-corrected chi connectivity index (χ3v) is 3.23. The summed E-state index contributed by atoms with van der Waals surface area (Å²) >= 11 is 0. The van der Waals surface area contributed by atoms with E-state index in [1.165, 1.54) is 29.2 Å². The molecule has 100 valence electrons. The van der Waals surface area contributed by atoms with E-state index in [1.807, 2.05) is 0 Å². The standard InChI is InChI=1S/C15H17N3.HI/c16-15(18-13-8-9-13)17-10-12-6-3-5-11-4-1-2-7-14(11)12;/h1-7,13H,8-10H2,(H3,16,17,18);1H. The van der Waals surface area contributed by atoms with Gasteiger partial charge in [0.25, 0.3) is 0 Å². The molecule has 0 amide bonds. The normalized spacial score (nSPS) is 15.1. The van der Waals surface area contributed by atoms with Gasteiger partial charge < -0.3 is 11.1 Å². The van der Waals surface area contributed by atoms with E-state index in [0.717, 1.165) is 0 Å². The Labute approximate surface area is 130 Å². The first-order valence-electron chi connectivity index (χ1n) is 6.36. The number of nitrogens with zero attached hydrogens (tertiary/aromatic N) is 1. The van der Waals surface area contributed by atoms with Crippen molar-refractivity contribution in [1.29, 1.82) is 0 Å². The topological polar surface area (TPSA) is 50.4 Å². The molecule has 1 aliphatic carbocycles. The van der Waals surface area contributed by atoms with Crippen molar-refractivity contribution in [1.82, 2.24) is 5.32 Å². The Kier molecular flexibility index (Phi) is 4.63. The van der Waals surface area contributed by atoms with Gasteiger partial charge >= 0.3 is 0 Å². The van der Waals surface area contributed by atoms with Crippen LogP contribution in [-0.2, 0) is 6.54 Å². The zero-order chi connectivity index (χ0) is 12.4. The van der Waals surface area contributed by atoms with Crippen LogP contribution in [0.3, 0.4) is 0 Å². The summed E-state index contributed by atoms with van der Waals surface area (Å²) in [5.74, 6) is 0.561. The number of halogens is 1. The lowest BCUT2D eigenvalue weighted by Crippen LogP contribution is -2.33. The zero-order valence-electron chi connectivity index (χ0n) is 10.7. The zero-order valence-corrected chi connectivity index (χ0v) is 13.0. The summed E-state index contributed by atoms with van der Waals surface area (Å²) in [5.41, 5.74) is 7.06. The Morgan fingerprint density at radius 3 is 2.68 bits per heavy atom. The Morgan fingerprint density at radius 1 is 1.16 bits per heavy atom. The number of hydrogen-bond acceptors (Lipinski definition) is 1. The molecular formula is C15H18IN3. The first-order valence-corrected chi connectivity index (χ1v) is 6.36. The molecule has 0 aromatic heterocycles. The summed E-state index contributed by atoms with van der Waals surface area (Å²) < 4.78 is 0. The number of benzene rings is 2. The van der Waals surface area contributed by atoms with Gasteiger partial charge in [-0.2, -0.15) is 0 Å². The fourth-order valence-electron chi connectivity index (χ4n) is 2.08. The summed E-state index contributed by atoms with van der Waals surface area (Å²) in [6.07, 6.45) is 2.43. The van der Waals surface area contributed by atoms with Crippen molar-refractivity contribution < 1.29 is 0 Å². The van der Waals surface area contributed by atoms with Crippen LogP contribution in [-0.4, -0.2) is 12.0 Å².